The maximum atomic E-state index is 12.3. The van der Waals surface area contributed by atoms with E-state index in [2.05, 4.69) is 10.6 Å². The Morgan fingerprint density at radius 2 is 1.75 bits per heavy atom. The van der Waals surface area contributed by atoms with Gasteiger partial charge in [0.25, 0.3) is 0 Å². The zero-order valence-electron chi connectivity index (χ0n) is 16.0. The van der Waals surface area contributed by atoms with Gasteiger partial charge in [0, 0.05) is 6.54 Å². The van der Waals surface area contributed by atoms with E-state index in [1.807, 2.05) is 37.3 Å². The van der Waals surface area contributed by atoms with Crippen molar-refractivity contribution < 1.29 is 29.0 Å². The number of carbonyl (C=O) groups excluding carboxylic acids is 3. The zero-order chi connectivity index (χ0) is 20.8. The topological polar surface area (TPSA) is 125 Å². The maximum absolute atomic E-state index is 12.3. The van der Waals surface area contributed by atoms with Gasteiger partial charge < -0.3 is 25.4 Å². The quantitative estimate of drug-likeness (QED) is 0.457. The van der Waals surface area contributed by atoms with Gasteiger partial charge in [-0.15, -0.1) is 0 Å². The van der Waals surface area contributed by atoms with Gasteiger partial charge in [-0.05, 0) is 12.0 Å². The van der Waals surface area contributed by atoms with Crippen molar-refractivity contribution in [1.29, 1.82) is 0 Å². The summed E-state index contributed by atoms with van der Waals surface area (Å²) in [6.45, 7) is 1.34. The van der Waals surface area contributed by atoms with Crippen molar-refractivity contribution in [3.8, 4) is 0 Å². The summed E-state index contributed by atoms with van der Waals surface area (Å²) in [6, 6.07) is 9.11. The molecule has 0 unspecified atom stereocenters. The SMILES string of the molecule is CCCCCN(CC(=O)NCC(=O)O)C(=O)CNC(=O)OCc1ccccc1. The van der Waals surface area contributed by atoms with Crippen molar-refractivity contribution >= 4 is 23.9 Å². The third-order valence-electron chi connectivity index (χ3n) is 3.75. The monoisotopic (exact) mass is 393 g/mol. The molecule has 9 nitrogen and oxygen atoms in total. The zero-order valence-corrected chi connectivity index (χ0v) is 16.0. The molecule has 9 heteroatoms. The van der Waals surface area contributed by atoms with E-state index in [1.165, 1.54) is 4.90 Å². The van der Waals surface area contributed by atoms with Crippen molar-refractivity contribution in [2.75, 3.05) is 26.2 Å². The first kappa shape index (κ1) is 22.9. The minimum Gasteiger partial charge on any atom is -0.480 e. The van der Waals surface area contributed by atoms with Crippen LogP contribution in [0, 0.1) is 0 Å². The standard InChI is InChI=1S/C19H27N3O6/c1-2-3-7-10-22(13-16(23)20-12-18(25)26)17(24)11-21-19(27)28-14-15-8-5-4-6-9-15/h4-6,8-9H,2-3,7,10-14H2,1H3,(H,20,23)(H,21,27)(H,25,26). The lowest BCUT2D eigenvalue weighted by Crippen LogP contribution is -2.46. The van der Waals surface area contributed by atoms with Crippen LogP contribution in [0.4, 0.5) is 4.79 Å². The number of carbonyl (C=O) groups is 4. The molecule has 0 aliphatic carbocycles. The molecule has 0 spiro atoms. The third-order valence-corrected chi connectivity index (χ3v) is 3.75. The number of ether oxygens (including phenoxy) is 1. The van der Waals surface area contributed by atoms with Gasteiger partial charge in [0.2, 0.25) is 11.8 Å². The Labute approximate surface area is 164 Å². The second-order valence-corrected chi connectivity index (χ2v) is 6.11. The average molecular weight is 393 g/mol. The molecule has 28 heavy (non-hydrogen) atoms. The molecule has 154 valence electrons. The van der Waals surface area contributed by atoms with E-state index in [-0.39, 0.29) is 19.7 Å². The van der Waals surface area contributed by atoms with Crippen molar-refractivity contribution in [2.24, 2.45) is 0 Å². The largest absolute Gasteiger partial charge is 0.480 e. The molecule has 3 N–H and O–H groups in total. The summed E-state index contributed by atoms with van der Waals surface area (Å²) in [5, 5.41) is 13.2. The number of carboxylic acid groups (broad SMARTS) is 1. The van der Waals surface area contributed by atoms with Gasteiger partial charge in [-0.1, -0.05) is 50.1 Å². The Bertz CT molecular complexity index is 650. The van der Waals surface area contributed by atoms with Gasteiger partial charge in [-0.3, -0.25) is 14.4 Å². The Morgan fingerprint density at radius 1 is 1.04 bits per heavy atom. The molecule has 1 aromatic carbocycles. The molecule has 0 fully saturated rings. The Hall–Kier alpha value is -3.10. The predicted octanol–water partition coefficient (Wildman–Crippen LogP) is 1.13. The van der Waals surface area contributed by atoms with Crippen molar-refractivity contribution in [1.82, 2.24) is 15.5 Å². The third kappa shape index (κ3) is 10.1. The molecule has 0 heterocycles. The molecular weight excluding hydrogens is 366 g/mol. The summed E-state index contributed by atoms with van der Waals surface area (Å²) in [5.74, 6) is -2.18. The molecule has 0 atom stereocenters. The van der Waals surface area contributed by atoms with Crippen LogP contribution < -0.4 is 10.6 Å². The van der Waals surface area contributed by atoms with Gasteiger partial charge in [0.05, 0.1) is 6.54 Å². The second kappa shape index (κ2) is 13.1. The van der Waals surface area contributed by atoms with Gasteiger partial charge >= 0.3 is 12.1 Å². The molecular formula is C19H27N3O6. The highest BCUT2D eigenvalue weighted by Gasteiger charge is 2.18. The van der Waals surface area contributed by atoms with E-state index in [0.29, 0.717) is 13.0 Å². The lowest BCUT2D eigenvalue weighted by Gasteiger charge is -2.22. The number of alkyl carbamates (subject to hydrolysis) is 1. The Morgan fingerprint density at radius 3 is 2.39 bits per heavy atom. The molecule has 3 amide bonds. The smallest absolute Gasteiger partial charge is 0.407 e. The van der Waals surface area contributed by atoms with Crippen LogP contribution in [-0.4, -0.2) is 60.1 Å². The first-order valence-corrected chi connectivity index (χ1v) is 9.13. The number of carboxylic acids is 1. The normalized spacial score (nSPS) is 10.0. The maximum Gasteiger partial charge on any atom is 0.407 e. The molecule has 0 saturated heterocycles. The van der Waals surface area contributed by atoms with Crippen LogP contribution in [0.1, 0.15) is 31.7 Å². The molecule has 0 aromatic heterocycles. The van der Waals surface area contributed by atoms with Gasteiger partial charge in [0.15, 0.2) is 0 Å². The predicted molar refractivity (Wildman–Crippen MR) is 101 cm³/mol. The van der Waals surface area contributed by atoms with Crippen molar-refractivity contribution in [3.63, 3.8) is 0 Å². The number of benzene rings is 1. The molecule has 0 aliphatic heterocycles. The summed E-state index contributed by atoms with van der Waals surface area (Å²) in [5.41, 5.74) is 0.820. The van der Waals surface area contributed by atoms with E-state index in [0.717, 1.165) is 18.4 Å². The van der Waals surface area contributed by atoms with E-state index in [4.69, 9.17) is 9.84 Å². The molecule has 1 rings (SSSR count). The van der Waals surface area contributed by atoms with Crippen LogP contribution in [0.5, 0.6) is 0 Å². The number of amides is 3. The van der Waals surface area contributed by atoms with E-state index in [1.54, 1.807) is 0 Å². The van der Waals surface area contributed by atoms with Gasteiger partial charge in [-0.2, -0.15) is 0 Å². The fourth-order valence-corrected chi connectivity index (χ4v) is 2.28. The number of nitrogens with one attached hydrogen (secondary N) is 2. The number of aliphatic carboxylic acids is 1. The van der Waals surface area contributed by atoms with Crippen LogP contribution in [0.15, 0.2) is 30.3 Å². The van der Waals surface area contributed by atoms with Crippen LogP contribution in [0.3, 0.4) is 0 Å². The highest BCUT2D eigenvalue weighted by atomic mass is 16.5. The lowest BCUT2D eigenvalue weighted by molar-refractivity contribution is -0.139. The van der Waals surface area contributed by atoms with Crippen LogP contribution >= 0.6 is 0 Å². The molecule has 1 aromatic rings. The minimum atomic E-state index is -1.17. The highest BCUT2D eigenvalue weighted by Crippen LogP contribution is 2.01. The molecule has 0 saturated carbocycles. The minimum absolute atomic E-state index is 0.0820. The first-order chi connectivity index (χ1) is 13.4. The van der Waals surface area contributed by atoms with E-state index >= 15 is 0 Å². The molecule has 0 bridgehead atoms. The van der Waals surface area contributed by atoms with Gasteiger partial charge in [0.1, 0.15) is 19.7 Å². The van der Waals surface area contributed by atoms with Crippen molar-refractivity contribution in [3.05, 3.63) is 35.9 Å². The first-order valence-electron chi connectivity index (χ1n) is 9.13. The number of rotatable bonds is 12. The fourth-order valence-electron chi connectivity index (χ4n) is 2.28. The summed E-state index contributed by atoms with van der Waals surface area (Å²) in [6.07, 6.45) is 1.79. The van der Waals surface area contributed by atoms with Crippen LogP contribution in [0.2, 0.25) is 0 Å². The lowest BCUT2D eigenvalue weighted by atomic mass is 10.2. The van der Waals surface area contributed by atoms with Crippen LogP contribution in [-0.2, 0) is 25.7 Å². The molecule has 0 radical (unpaired) electrons. The molecule has 0 aliphatic rings. The fraction of sp³-hybridized carbons (Fsp3) is 0.474. The van der Waals surface area contributed by atoms with Crippen molar-refractivity contribution in [2.45, 2.75) is 32.8 Å². The van der Waals surface area contributed by atoms with Crippen LogP contribution in [0.25, 0.3) is 0 Å². The number of hydrogen-bond donors (Lipinski definition) is 3. The highest BCUT2D eigenvalue weighted by molar-refractivity contribution is 5.88. The summed E-state index contributed by atoms with van der Waals surface area (Å²) < 4.78 is 5.04. The van der Waals surface area contributed by atoms with Gasteiger partial charge in [-0.25, -0.2) is 4.79 Å². The number of hydrogen-bond acceptors (Lipinski definition) is 5. The summed E-state index contributed by atoms with van der Waals surface area (Å²) in [7, 11) is 0. The number of nitrogens with zero attached hydrogens (tertiary/aromatic N) is 1. The van der Waals surface area contributed by atoms with E-state index in [9.17, 15) is 19.2 Å². The number of unbranched alkanes of at least 4 members (excludes halogenated alkanes) is 2. The average Bonchev–Trinajstić information content (AvgIpc) is 2.69. The summed E-state index contributed by atoms with van der Waals surface area (Å²) >= 11 is 0. The summed E-state index contributed by atoms with van der Waals surface area (Å²) in [4.78, 5) is 47.7. The Balaban J connectivity index is 2.46. The second-order valence-electron chi connectivity index (χ2n) is 6.11. The van der Waals surface area contributed by atoms with E-state index < -0.39 is 30.4 Å². The Kier molecular flexibility index (Phi) is 10.8.